The van der Waals surface area contributed by atoms with Crippen LogP contribution in [0.4, 0.5) is 0 Å². The van der Waals surface area contributed by atoms with Crippen LogP contribution in [0.2, 0.25) is 0 Å². The molecule has 0 radical (unpaired) electrons. The van der Waals surface area contributed by atoms with Crippen LogP contribution >= 0.6 is 11.8 Å². The van der Waals surface area contributed by atoms with Gasteiger partial charge in [-0.05, 0) is 31.1 Å². The van der Waals surface area contributed by atoms with E-state index in [0.29, 0.717) is 5.84 Å². The second-order valence-electron chi connectivity index (χ2n) is 4.02. The Labute approximate surface area is 102 Å². The summed E-state index contributed by atoms with van der Waals surface area (Å²) < 4.78 is 0. The molecule has 0 fully saturated rings. The molecule has 3 N–H and O–H groups in total. The van der Waals surface area contributed by atoms with Crippen LogP contribution in [0.3, 0.4) is 0 Å². The van der Waals surface area contributed by atoms with E-state index in [9.17, 15) is 0 Å². The van der Waals surface area contributed by atoms with Crippen molar-refractivity contribution in [3.05, 3.63) is 35.4 Å². The smallest absolute Gasteiger partial charge is 0.0905 e. The molecule has 0 saturated carbocycles. The number of amidine groups is 1. The lowest BCUT2D eigenvalue weighted by atomic mass is 10.2. The van der Waals surface area contributed by atoms with Crippen molar-refractivity contribution in [1.29, 1.82) is 5.41 Å². The van der Waals surface area contributed by atoms with Gasteiger partial charge in [0.1, 0.15) is 0 Å². The quantitative estimate of drug-likeness (QED) is 0.433. The summed E-state index contributed by atoms with van der Waals surface area (Å²) in [5.41, 5.74) is 8.02. The fourth-order valence-electron chi connectivity index (χ4n) is 1.51. The first kappa shape index (κ1) is 13.1. The molecule has 0 aliphatic rings. The second kappa shape index (κ2) is 7.34. The van der Waals surface area contributed by atoms with E-state index in [4.69, 9.17) is 11.1 Å². The van der Waals surface area contributed by atoms with Crippen molar-refractivity contribution in [1.82, 2.24) is 0 Å². The van der Waals surface area contributed by atoms with Gasteiger partial charge in [-0.3, -0.25) is 5.41 Å². The summed E-state index contributed by atoms with van der Waals surface area (Å²) in [5, 5.41) is 7.10. The van der Waals surface area contributed by atoms with E-state index < -0.39 is 0 Å². The third-order valence-corrected chi connectivity index (χ3v) is 3.45. The summed E-state index contributed by atoms with van der Waals surface area (Å²) in [4.78, 5) is 0. The highest BCUT2D eigenvalue weighted by molar-refractivity contribution is 7.98. The van der Waals surface area contributed by atoms with Gasteiger partial charge in [0.25, 0.3) is 0 Å². The fourth-order valence-corrected chi connectivity index (χ4v) is 2.48. The molecule has 0 aromatic heterocycles. The molecule has 0 heterocycles. The number of rotatable bonds is 7. The van der Waals surface area contributed by atoms with E-state index in [1.807, 2.05) is 11.8 Å². The Morgan fingerprint density at radius 2 is 2.19 bits per heavy atom. The van der Waals surface area contributed by atoms with Crippen molar-refractivity contribution in [2.75, 3.05) is 5.75 Å². The highest BCUT2D eigenvalue weighted by atomic mass is 32.2. The molecule has 0 bridgehead atoms. The zero-order valence-electron chi connectivity index (χ0n) is 9.83. The Balaban J connectivity index is 2.09. The number of thioether (sulfide) groups is 1. The van der Waals surface area contributed by atoms with E-state index in [1.54, 1.807) is 0 Å². The molecule has 16 heavy (non-hydrogen) atoms. The van der Waals surface area contributed by atoms with Gasteiger partial charge in [0.15, 0.2) is 0 Å². The van der Waals surface area contributed by atoms with E-state index in [0.717, 1.165) is 30.8 Å². The Kier molecular flexibility index (Phi) is 6.01. The Morgan fingerprint density at radius 3 is 2.88 bits per heavy atom. The minimum Gasteiger partial charge on any atom is -0.388 e. The summed E-state index contributed by atoms with van der Waals surface area (Å²) >= 11 is 1.96. The maximum Gasteiger partial charge on any atom is 0.0905 e. The highest BCUT2D eigenvalue weighted by Gasteiger charge is 1.95. The van der Waals surface area contributed by atoms with E-state index >= 15 is 0 Å². The maximum atomic E-state index is 7.10. The molecule has 0 saturated heterocycles. The number of unbranched alkanes of at least 4 members (excludes halogenated alkanes) is 1. The Bertz CT molecular complexity index is 336. The molecule has 2 nitrogen and oxygen atoms in total. The molecule has 0 aliphatic heterocycles. The molecule has 3 heteroatoms. The van der Waals surface area contributed by atoms with Crippen LogP contribution < -0.4 is 5.73 Å². The number of nitrogens with one attached hydrogen (secondary N) is 1. The molecule has 0 spiro atoms. The normalized spacial score (nSPS) is 10.3. The van der Waals surface area contributed by atoms with Gasteiger partial charge in [0.05, 0.1) is 5.84 Å². The fraction of sp³-hybridized carbons (Fsp3) is 0.462. The molecule has 1 aromatic carbocycles. The summed E-state index contributed by atoms with van der Waals surface area (Å²) in [7, 11) is 0. The first-order valence-corrected chi connectivity index (χ1v) is 6.80. The van der Waals surface area contributed by atoms with Gasteiger partial charge in [0, 0.05) is 12.2 Å². The third-order valence-electron chi connectivity index (χ3n) is 2.34. The lowest BCUT2D eigenvalue weighted by Crippen LogP contribution is -2.08. The first-order valence-electron chi connectivity index (χ1n) is 5.64. The molecule has 0 amide bonds. The summed E-state index contributed by atoms with van der Waals surface area (Å²) in [5.74, 6) is 2.55. The van der Waals surface area contributed by atoms with Gasteiger partial charge < -0.3 is 5.73 Å². The standard InChI is InChI=1S/C13H20N2S/c1-11-5-4-6-12(9-11)10-16-8-3-2-7-13(14)15/h4-6,9H,2-3,7-8,10H2,1H3,(H3,14,15). The molecule has 1 aromatic rings. The number of aryl methyl sites for hydroxylation is 1. The minimum atomic E-state index is 0.309. The lowest BCUT2D eigenvalue weighted by molar-refractivity contribution is 0.836. The monoisotopic (exact) mass is 236 g/mol. The van der Waals surface area contributed by atoms with Crippen LogP contribution in [0.25, 0.3) is 0 Å². The van der Waals surface area contributed by atoms with E-state index in [2.05, 4.69) is 31.2 Å². The van der Waals surface area contributed by atoms with Crippen molar-refractivity contribution in [3.8, 4) is 0 Å². The van der Waals surface area contributed by atoms with Crippen molar-refractivity contribution in [3.63, 3.8) is 0 Å². The molecule has 1 rings (SSSR count). The van der Waals surface area contributed by atoms with Crippen molar-refractivity contribution < 1.29 is 0 Å². The van der Waals surface area contributed by atoms with Gasteiger partial charge in [-0.2, -0.15) is 11.8 Å². The Morgan fingerprint density at radius 1 is 1.38 bits per heavy atom. The highest BCUT2D eigenvalue weighted by Crippen LogP contribution is 2.15. The zero-order chi connectivity index (χ0) is 11.8. The minimum absolute atomic E-state index is 0.309. The van der Waals surface area contributed by atoms with Gasteiger partial charge in [-0.25, -0.2) is 0 Å². The Hall–Kier alpha value is -0.960. The molecule has 88 valence electrons. The average Bonchev–Trinajstić information content (AvgIpc) is 2.23. The van der Waals surface area contributed by atoms with Gasteiger partial charge in [-0.15, -0.1) is 0 Å². The zero-order valence-corrected chi connectivity index (χ0v) is 10.6. The van der Waals surface area contributed by atoms with Crippen molar-refractivity contribution in [2.24, 2.45) is 5.73 Å². The molecular weight excluding hydrogens is 216 g/mol. The van der Waals surface area contributed by atoms with E-state index in [-0.39, 0.29) is 0 Å². The second-order valence-corrected chi connectivity index (χ2v) is 5.13. The molecular formula is C13H20N2S. The topological polar surface area (TPSA) is 49.9 Å². The predicted octanol–water partition coefficient (Wildman–Crippen LogP) is 3.33. The summed E-state index contributed by atoms with van der Waals surface area (Å²) in [6, 6.07) is 8.65. The van der Waals surface area contributed by atoms with Gasteiger partial charge >= 0.3 is 0 Å². The molecule has 0 atom stereocenters. The van der Waals surface area contributed by atoms with Gasteiger partial charge in [0.2, 0.25) is 0 Å². The SMILES string of the molecule is Cc1cccc(CSCCCCC(=N)N)c1. The van der Waals surface area contributed by atoms with Crippen LogP contribution in [0.15, 0.2) is 24.3 Å². The predicted molar refractivity (Wildman–Crippen MR) is 73.1 cm³/mol. The summed E-state index contributed by atoms with van der Waals surface area (Å²) in [6.07, 6.45) is 2.93. The lowest BCUT2D eigenvalue weighted by Gasteiger charge is -2.03. The van der Waals surface area contributed by atoms with Crippen LogP contribution in [0, 0.1) is 12.3 Å². The van der Waals surface area contributed by atoms with Crippen LogP contribution in [0.1, 0.15) is 30.4 Å². The number of benzene rings is 1. The number of hydrogen-bond donors (Lipinski definition) is 2. The first-order chi connectivity index (χ1) is 7.68. The third kappa shape index (κ3) is 5.81. The molecule has 0 aliphatic carbocycles. The van der Waals surface area contributed by atoms with Crippen molar-refractivity contribution in [2.45, 2.75) is 31.9 Å². The van der Waals surface area contributed by atoms with Crippen LogP contribution in [-0.2, 0) is 5.75 Å². The van der Waals surface area contributed by atoms with E-state index in [1.165, 1.54) is 11.1 Å². The maximum absolute atomic E-state index is 7.10. The van der Waals surface area contributed by atoms with Crippen molar-refractivity contribution >= 4 is 17.6 Å². The van der Waals surface area contributed by atoms with Crippen LogP contribution in [-0.4, -0.2) is 11.6 Å². The number of hydrogen-bond acceptors (Lipinski definition) is 2. The number of nitrogens with two attached hydrogens (primary N) is 1. The van der Waals surface area contributed by atoms with Gasteiger partial charge in [-0.1, -0.05) is 29.8 Å². The largest absolute Gasteiger partial charge is 0.388 e. The molecule has 0 unspecified atom stereocenters. The summed E-state index contributed by atoms with van der Waals surface area (Å²) in [6.45, 7) is 2.13. The average molecular weight is 236 g/mol. The van der Waals surface area contributed by atoms with Crippen LogP contribution in [0.5, 0.6) is 0 Å².